The summed E-state index contributed by atoms with van der Waals surface area (Å²) in [4.78, 5) is 11.0. The zero-order chi connectivity index (χ0) is 13.1. The van der Waals surface area contributed by atoms with E-state index < -0.39 is 0 Å². The Bertz CT molecular complexity index is 502. The van der Waals surface area contributed by atoms with Crippen LogP contribution in [0.1, 0.15) is 18.9 Å². The fourth-order valence-electron chi connectivity index (χ4n) is 2.19. The van der Waals surface area contributed by atoms with Crippen molar-refractivity contribution in [3.05, 3.63) is 53.1 Å². The third-order valence-corrected chi connectivity index (χ3v) is 3.51. The molecule has 0 heterocycles. The second-order valence-electron chi connectivity index (χ2n) is 4.68. The smallest absolute Gasteiger partial charge is 0.218 e. The highest BCUT2D eigenvalue weighted by atomic mass is 35.5. The molecule has 2 atom stereocenters. The number of carbonyl (C=O) groups excluding carboxylic acids is 1. The number of halogens is 1. The minimum atomic E-state index is -0.250. The van der Waals surface area contributed by atoms with Crippen molar-refractivity contribution in [3.8, 4) is 0 Å². The molecule has 2 unspecified atom stereocenters. The number of amides is 1. The van der Waals surface area contributed by atoms with E-state index in [4.69, 9.17) is 17.3 Å². The van der Waals surface area contributed by atoms with E-state index in [1.807, 2.05) is 24.3 Å². The minimum absolute atomic E-state index is 0.207. The molecule has 1 aromatic rings. The number of hydrogen-bond donors (Lipinski definition) is 1. The summed E-state index contributed by atoms with van der Waals surface area (Å²) in [5.41, 5.74) is 7.55. The molecule has 0 saturated carbocycles. The molecule has 0 aliphatic heterocycles. The maximum Gasteiger partial charge on any atom is 0.218 e. The summed E-state index contributed by atoms with van der Waals surface area (Å²) < 4.78 is 0. The Labute approximate surface area is 112 Å². The third-order valence-electron chi connectivity index (χ3n) is 3.26. The fraction of sp³-hybridized carbons (Fsp3) is 0.267. The molecule has 0 aromatic heterocycles. The monoisotopic (exact) mass is 261 g/mol. The van der Waals surface area contributed by atoms with Crippen LogP contribution in [0.4, 0.5) is 0 Å². The van der Waals surface area contributed by atoms with Gasteiger partial charge in [0.25, 0.3) is 0 Å². The zero-order valence-corrected chi connectivity index (χ0v) is 11.0. The lowest BCUT2D eigenvalue weighted by molar-refractivity contribution is -0.118. The first-order valence-electron chi connectivity index (χ1n) is 6.00. The van der Waals surface area contributed by atoms with Crippen LogP contribution in [0, 0.1) is 11.8 Å². The topological polar surface area (TPSA) is 43.1 Å². The lowest BCUT2D eigenvalue weighted by Gasteiger charge is -2.22. The van der Waals surface area contributed by atoms with Crippen LogP contribution < -0.4 is 5.73 Å². The first-order chi connectivity index (χ1) is 8.56. The molecule has 0 fully saturated rings. The molecule has 1 aliphatic rings. The average molecular weight is 262 g/mol. The predicted molar refractivity (Wildman–Crippen MR) is 75.0 cm³/mol. The molecule has 2 N–H and O–H groups in total. The predicted octanol–water partition coefficient (Wildman–Crippen LogP) is 3.42. The molecule has 1 amide bonds. The molecule has 2 nitrogen and oxygen atoms in total. The van der Waals surface area contributed by atoms with Crippen LogP contribution in [0.2, 0.25) is 5.02 Å². The van der Waals surface area contributed by atoms with Crippen LogP contribution in [-0.2, 0) is 4.79 Å². The van der Waals surface area contributed by atoms with Gasteiger partial charge in [0.1, 0.15) is 0 Å². The SMILES string of the molecule is CC1C=C(c2ccc(Cl)cc2)C=CC1CC(N)=O. The minimum Gasteiger partial charge on any atom is -0.370 e. The fourth-order valence-corrected chi connectivity index (χ4v) is 2.31. The van der Waals surface area contributed by atoms with E-state index in [9.17, 15) is 4.79 Å². The lowest BCUT2D eigenvalue weighted by atomic mass is 9.83. The lowest BCUT2D eigenvalue weighted by Crippen LogP contribution is -2.20. The summed E-state index contributed by atoms with van der Waals surface area (Å²) in [6.45, 7) is 2.10. The van der Waals surface area contributed by atoms with E-state index >= 15 is 0 Å². The van der Waals surface area contributed by atoms with E-state index in [1.54, 1.807) is 0 Å². The molecule has 94 valence electrons. The molecule has 1 aliphatic carbocycles. The average Bonchev–Trinajstić information content (AvgIpc) is 2.32. The highest BCUT2D eigenvalue weighted by molar-refractivity contribution is 6.30. The van der Waals surface area contributed by atoms with Gasteiger partial charge in [-0.05, 0) is 35.1 Å². The molecule has 0 saturated heterocycles. The van der Waals surface area contributed by atoms with Crippen molar-refractivity contribution in [2.75, 3.05) is 0 Å². The van der Waals surface area contributed by atoms with E-state index in [1.165, 1.54) is 5.57 Å². The maximum atomic E-state index is 11.0. The number of rotatable bonds is 3. The Morgan fingerprint density at radius 1 is 1.33 bits per heavy atom. The van der Waals surface area contributed by atoms with E-state index in [0.29, 0.717) is 12.3 Å². The highest BCUT2D eigenvalue weighted by Crippen LogP contribution is 2.30. The van der Waals surface area contributed by atoms with Crippen molar-refractivity contribution in [2.24, 2.45) is 17.6 Å². The summed E-state index contributed by atoms with van der Waals surface area (Å²) >= 11 is 5.87. The number of carbonyl (C=O) groups is 1. The Kier molecular flexibility index (Phi) is 3.87. The van der Waals surface area contributed by atoms with Gasteiger partial charge in [0.05, 0.1) is 0 Å². The van der Waals surface area contributed by atoms with Crippen molar-refractivity contribution < 1.29 is 4.79 Å². The normalized spacial score (nSPS) is 22.7. The van der Waals surface area contributed by atoms with Gasteiger partial charge < -0.3 is 5.73 Å². The van der Waals surface area contributed by atoms with Gasteiger partial charge in [0.15, 0.2) is 0 Å². The van der Waals surface area contributed by atoms with Gasteiger partial charge in [-0.3, -0.25) is 4.79 Å². The zero-order valence-electron chi connectivity index (χ0n) is 10.3. The Balaban J connectivity index is 2.16. The molecule has 1 aromatic carbocycles. The molecular formula is C15H16ClNO. The van der Waals surface area contributed by atoms with Crippen molar-refractivity contribution in [2.45, 2.75) is 13.3 Å². The number of allylic oxidation sites excluding steroid dienone is 4. The highest BCUT2D eigenvalue weighted by Gasteiger charge is 2.19. The number of primary amides is 1. The second-order valence-corrected chi connectivity index (χ2v) is 5.12. The van der Waals surface area contributed by atoms with Crippen LogP contribution in [0.3, 0.4) is 0 Å². The summed E-state index contributed by atoms with van der Waals surface area (Å²) in [5, 5.41) is 0.735. The Hall–Kier alpha value is -1.54. The van der Waals surface area contributed by atoms with Crippen molar-refractivity contribution in [3.63, 3.8) is 0 Å². The number of benzene rings is 1. The number of nitrogens with two attached hydrogens (primary N) is 1. The van der Waals surface area contributed by atoms with Gasteiger partial charge in [0.2, 0.25) is 5.91 Å². The molecule has 18 heavy (non-hydrogen) atoms. The quantitative estimate of drug-likeness (QED) is 0.890. The van der Waals surface area contributed by atoms with Crippen LogP contribution in [-0.4, -0.2) is 5.91 Å². The first-order valence-corrected chi connectivity index (χ1v) is 6.38. The molecule has 2 rings (SSSR count). The second kappa shape index (κ2) is 5.40. The Morgan fingerprint density at radius 2 is 2.00 bits per heavy atom. The molecule has 0 radical (unpaired) electrons. The van der Waals surface area contributed by atoms with Crippen LogP contribution >= 0.6 is 11.6 Å². The van der Waals surface area contributed by atoms with Gasteiger partial charge in [-0.25, -0.2) is 0 Å². The van der Waals surface area contributed by atoms with Gasteiger partial charge in [-0.15, -0.1) is 0 Å². The number of hydrogen-bond acceptors (Lipinski definition) is 1. The molecule has 3 heteroatoms. The van der Waals surface area contributed by atoms with Crippen LogP contribution in [0.5, 0.6) is 0 Å². The first kappa shape index (κ1) is 12.9. The van der Waals surface area contributed by atoms with Crippen molar-refractivity contribution in [1.29, 1.82) is 0 Å². The van der Waals surface area contributed by atoms with E-state index in [2.05, 4.69) is 25.2 Å². The summed E-state index contributed by atoms with van der Waals surface area (Å²) in [6, 6.07) is 7.76. The van der Waals surface area contributed by atoms with Crippen LogP contribution in [0.15, 0.2) is 42.5 Å². The maximum absolute atomic E-state index is 11.0. The van der Waals surface area contributed by atoms with Crippen molar-refractivity contribution in [1.82, 2.24) is 0 Å². The molecule has 0 bridgehead atoms. The third kappa shape index (κ3) is 3.02. The molecule has 0 spiro atoms. The van der Waals surface area contributed by atoms with Crippen LogP contribution in [0.25, 0.3) is 5.57 Å². The van der Waals surface area contributed by atoms with Crippen molar-refractivity contribution >= 4 is 23.1 Å². The van der Waals surface area contributed by atoms with Gasteiger partial charge >= 0.3 is 0 Å². The summed E-state index contributed by atoms with van der Waals surface area (Å²) in [6.07, 6.45) is 6.70. The van der Waals surface area contributed by atoms with E-state index in [-0.39, 0.29) is 11.8 Å². The summed E-state index contributed by atoms with van der Waals surface area (Å²) in [5.74, 6) is 0.270. The summed E-state index contributed by atoms with van der Waals surface area (Å²) in [7, 11) is 0. The largest absolute Gasteiger partial charge is 0.370 e. The van der Waals surface area contributed by atoms with E-state index in [0.717, 1.165) is 10.6 Å². The van der Waals surface area contributed by atoms with Gasteiger partial charge in [-0.2, -0.15) is 0 Å². The van der Waals surface area contributed by atoms with Gasteiger partial charge in [0, 0.05) is 11.4 Å². The Morgan fingerprint density at radius 3 is 2.56 bits per heavy atom. The van der Waals surface area contributed by atoms with Gasteiger partial charge in [-0.1, -0.05) is 48.9 Å². The molecular weight excluding hydrogens is 246 g/mol. The standard InChI is InChI=1S/C15H16ClNO/c1-10-8-13(3-2-12(10)9-15(17)18)11-4-6-14(16)7-5-11/h2-8,10,12H,9H2,1H3,(H2,17,18).